The Hall–Kier alpha value is -1.75. The van der Waals surface area contributed by atoms with Crippen LogP contribution in [0.1, 0.15) is 12.0 Å². The maximum absolute atomic E-state index is 11.5. The van der Waals surface area contributed by atoms with Gasteiger partial charge in [0.25, 0.3) is 0 Å². The van der Waals surface area contributed by atoms with Gasteiger partial charge in [-0.15, -0.1) is 11.8 Å². The lowest BCUT2D eigenvalue weighted by atomic mass is 10.0. The number of rotatable bonds is 4. The highest BCUT2D eigenvalue weighted by Gasteiger charge is 2.49. The highest BCUT2D eigenvalue weighted by Crippen LogP contribution is 2.40. The normalized spacial score (nSPS) is 24.7. The molecule has 2 heterocycles. The van der Waals surface area contributed by atoms with Crippen LogP contribution in [0.2, 0.25) is 0 Å². The van der Waals surface area contributed by atoms with Gasteiger partial charge in [0.15, 0.2) is 6.04 Å². The van der Waals surface area contributed by atoms with E-state index in [1.807, 2.05) is 36.4 Å². The van der Waals surface area contributed by atoms with E-state index in [2.05, 4.69) is 0 Å². The number of carboxylic acids is 1. The molecule has 0 saturated carbocycles. The Morgan fingerprint density at radius 3 is 2.74 bits per heavy atom. The lowest BCUT2D eigenvalue weighted by molar-refractivity contribution is -0.155. The van der Waals surface area contributed by atoms with E-state index in [9.17, 15) is 14.7 Å². The van der Waals surface area contributed by atoms with Crippen LogP contribution in [0, 0.1) is 0 Å². The Morgan fingerprint density at radius 1 is 1.37 bits per heavy atom. The molecule has 0 bridgehead atoms. The van der Waals surface area contributed by atoms with Crippen LogP contribution in [-0.4, -0.2) is 34.0 Å². The fourth-order valence-corrected chi connectivity index (χ4v) is 3.61. The zero-order valence-corrected chi connectivity index (χ0v) is 11.0. The number of carbonyl (C=O) groups is 2. The third kappa shape index (κ3) is 2.14. The first-order chi connectivity index (χ1) is 9.16. The fraction of sp³-hybridized carbons (Fsp3) is 0.286. The molecular formula is C14H13NO3S. The monoisotopic (exact) mass is 275 g/mol. The number of carbonyl (C=O) groups excluding carboxylic acids is 1. The smallest absolute Gasteiger partial charge is 0.331 e. The molecule has 19 heavy (non-hydrogen) atoms. The highest BCUT2D eigenvalue weighted by atomic mass is 32.2. The molecule has 2 aliphatic heterocycles. The van der Waals surface area contributed by atoms with Gasteiger partial charge in [-0.3, -0.25) is 4.79 Å². The Labute approximate surface area is 115 Å². The highest BCUT2D eigenvalue weighted by molar-refractivity contribution is 8.02. The van der Waals surface area contributed by atoms with E-state index in [1.54, 1.807) is 0 Å². The largest absolute Gasteiger partial charge is 0.479 e. The summed E-state index contributed by atoms with van der Waals surface area (Å²) in [6.45, 7) is 0. The lowest BCUT2D eigenvalue weighted by Gasteiger charge is -2.37. The van der Waals surface area contributed by atoms with E-state index < -0.39 is 12.0 Å². The van der Waals surface area contributed by atoms with Crippen LogP contribution in [0.4, 0.5) is 0 Å². The van der Waals surface area contributed by atoms with E-state index in [4.69, 9.17) is 0 Å². The summed E-state index contributed by atoms with van der Waals surface area (Å²) in [7, 11) is 0. The SMILES string of the molecule is O=C(O)[C@H]1C(SCc2ccccc2)=CC2CC(=O)N21. The van der Waals surface area contributed by atoms with E-state index in [0.717, 1.165) is 16.2 Å². The molecule has 1 amide bonds. The molecule has 1 aromatic carbocycles. The molecule has 1 fully saturated rings. The maximum Gasteiger partial charge on any atom is 0.331 e. The number of hydrogen-bond acceptors (Lipinski definition) is 3. The number of nitrogens with zero attached hydrogens (tertiary/aromatic N) is 1. The van der Waals surface area contributed by atoms with Gasteiger partial charge >= 0.3 is 5.97 Å². The second kappa shape index (κ2) is 4.74. The van der Waals surface area contributed by atoms with Crippen molar-refractivity contribution in [3.63, 3.8) is 0 Å². The zero-order chi connectivity index (χ0) is 13.4. The van der Waals surface area contributed by atoms with E-state index >= 15 is 0 Å². The number of β-lactam (4-membered cyclic amide) rings is 1. The van der Waals surface area contributed by atoms with Gasteiger partial charge in [0.05, 0.1) is 12.5 Å². The van der Waals surface area contributed by atoms with Crippen LogP contribution < -0.4 is 0 Å². The minimum Gasteiger partial charge on any atom is -0.479 e. The minimum atomic E-state index is -0.942. The summed E-state index contributed by atoms with van der Waals surface area (Å²) >= 11 is 1.51. The van der Waals surface area contributed by atoms with Gasteiger partial charge < -0.3 is 10.0 Å². The predicted octanol–water partition coefficient (Wildman–Crippen LogP) is 1.87. The molecule has 2 atom stereocenters. The molecule has 0 spiro atoms. The summed E-state index contributed by atoms with van der Waals surface area (Å²) in [6.07, 6.45) is 2.37. The van der Waals surface area contributed by atoms with Crippen molar-refractivity contribution in [1.82, 2.24) is 4.90 Å². The second-order valence-corrected chi connectivity index (χ2v) is 5.71. The molecule has 0 aromatic heterocycles. The van der Waals surface area contributed by atoms with Crippen LogP contribution in [0.25, 0.3) is 0 Å². The standard InChI is InChI=1S/C14H13NO3S/c16-12-7-10-6-11(13(14(17)18)15(10)12)19-8-9-4-2-1-3-5-9/h1-6,10,13H,7-8H2,(H,17,18)/t10?,13-/m1/s1. The minimum absolute atomic E-state index is 0.00752. The van der Waals surface area contributed by atoms with Gasteiger partial charge in [0.1, 0.15) is 0 Å². The zero-order valence-electron chi connectivity index (χ0n) is 10.2. The van der Waals surface area contributed by atoms with E-state index in [-0.39, 0.29) is 11.9 Å². The van der Waals surface area contributed by atoms with Gasteiger partial charge in [-0.25, -0.2) is 4.79 Å². The van der Waals surface area contributed by atoms with Gasteiger partial charge in [-0.1, -0.05) is 30.3 Å². The molecule has 3 rings (SSSR count). The van der Waals surface area contributed by atoms with Crippen molar-refractivity contribution in [2.75, 3.05) is 0 Å². The molecule has 98 valence electrons. The first kappa shape index (κ1) is 12.3. The molecule has 1 saturated heterocycles. The molecule has 1 N–H and O–H groups in total. The van der Waals surface area contributed by atoms with Crippen molar-refractivity contribution in [1.29, 1.82) is 0 Å². The number of carboxylic acid groups (broad SMARTS) is 1. The molecule has 5 heteroatoms. The number of aliphatic carboxylic acids is 1. The maximum atomic E-state index is 11.5. The van der Waals surface area contributed by atoms with Crippen molar-refractivity contribution in [3.8, 4) is 0 Å². The number of hydrogen-bond donors (Lipinski definition) is 1. The summed E-state index contributed by atoms with van der Waals surface area (Å²) in [5.74, 6) is -0.281. The predicted molar refractivity (Wildman–Crippen MR) is 72.5 cm³/mol. The second-order valence-electron chi connectivity index (χ2n) is 4.66. The van der Waals surface area contributed by atoms with Crippen molar-refractivity contribution in [2.24, 2.45) is 0 Å². The molecule has 0 aliphatic carbocycles. The summed E-state index contributed by atoms with van der Waals surface area (Å²) in [6, 6.07) is 9.12. The molecule has 1 unspecified atom stereocenters. The van der Waals surface area contributed by atoms with Crippen LogP contribution in [0.5, 0.6) is 0 Å². The summed E-state index contributed by atoms with van der Waals surface area (Å²) in [5.41, 5.74) is 1.15. The van der Waals surface area contributed by atoms with Crippen LogP contribution in [0.15, 0.2) is 41.3 Å². The van der Waals surface area contributed by atoms with Gasteiger partial charge in [-0.2, -0.15) is 0 Å². The first-order valence-electron chi connectivity index (χ1n) is 6.09. The summed E-state index contributed by atoms with van der Waals surface area (Å²) in [5, 5.41) is 9.27. The topological polar surface area (TPSA) is 57.6 Å². The van der Waals surface area contributed by atoms with E-state index in [0.29, 0.717) is 6.42 Å². The summed E-state index contributed by atoms with van der Waals surface area (Å²) in [4.78, 5) is 25.0. The van der Waals surface area contributed by atoms with Gasteiger partial charge in [-0.05, 0) is 11.6 Å². The molecule has 2 aliphatic rings. The molecule has 1 aromatic rings. The van der Waals surface area contributed by atoms with Crippen LogP contribution in [-0.2, 0) is 15.3 Å². The Balaban J connectivity index is 1.72. The van der Waals surface area contributed by atoms with Crippen LogP contribution in [0.3, 0.4) is 0 Å². The van der Waals surface area contributed by atoms with Crippen LogP contribution >= 0.6 is 11.8 Å². The molecule has 0 radical (unpaired) electrons. The molecular weight excluding hydrogens is 262 g/mol. The van der Waals surface area contributed by atoms with Gasteiger partial charge in [0, 0.05) is 10.7 Å². The average molecular weight is 275 g/mol. The summed E-state index contributed by atoms with van der Waals surface area (Å²) < 4.78 is 0. The first-order valence-corrected chi connectivity index (χ1v) is 7.08. The lowest BCUT2D eigenvalue weighted by Crippen LogP contribution is -2.55. The third-order valence-electron chi connectivity index (χ3n) is 3.42. The van der Waals surface area contributed by atoms with Crippen molar-refractivity contribution >= 4 is 23.6 Å². The van der Waals surface area contributed by atoms with Gasteiger partial charge in [0.2, 0.25) is 5.91 Å². The number of thioether (sulfide) groups is 1. The average Bonchev–Trinajstić information content (AvgIpc) is 2.70. The number of benzene rings is 1. The Kier molecular flexibility index (Phi) is 3.06. The van der Waals surface area contributed by atoms with Crippen molar-refractivity contribution in [3.05, 3.63) is 46.9 Å². The number of fused-ring (bicyclic) bond motifs is 1. The van der Waals surface area contributed by atoms with E-state index in [1.165, 1.54) is 16.7 Å². The number of amides is 1. The fourth-order valence-electron chi connectivity index (χ4n) is 2.46. The third-order valence-corrected chi connectivity index (χ3v) is 4.59. The van der Waals surface area contributed by atoms with Crippen molar-refractivity contribution in [2.45, 2.75) is 24.3 Å². The molecule has 4 nitrogen and oxygen atoms in total. The van der Waals surface area contributed by atoms with Crippen molar-refractivity contribution < 1.29 is 14.7 Å². The Bertz CT molecular complexity index is 555. The Morgan fingerprint density at radius 2 is 2.11 bits per heavy atom. The quantitative estimate of drug-likeness (QED) is 0.852.